The molecular formula is C15H15N3O3. The first-order valence-electron chi connectivity index (χ1n) is 6.63. The number of hydrogen-bond donors (Lipinski definition) is 2. The predicted octanol–water partition coefficient (Wildman–Crippen LogP) is 1.60. The number of amides is 1. The van der Waals surface area contributed by atoms with Gasteiger partial charge in [-0.05, 0) is 24.3 Å². The van der Waals surface area contributed by atoms with Crippen molar-refractivity contribution in [2.24, 2.45) is 0 Å². The lowest BCUT2D eigenvalue weighted by Crippen LogP contribution is -2.25. The standard InChI is InChI=1S/C15H15N3O3/c19-15(17-20)11-3-4-12-10-18(6-7-21-14(12)8-11)13-2-1-5-16-9-13/h1-5,8-9,20H,6-7,10H2,(H,17,19). The molecule has 0 saturated carbocycles. The summed E-state index contributed by atoms with van der Waals surface area (Å²) in [6, 6.07) is 9.06. The lowest BCUT2D eigenvalue weighted by Gasteiger charge is -2.21. The van der Waals surface area contributed by atoms with E-state index in [-0.39, 0.29) is 0 Å². The van der Waals surface area contributed by atoms with Crippen LogP contribution < -0.4 is 15.1 Å². The normalized spacial score (nSPS) is 13.9. The highest BCUT2D eigenvalue weighted by Gasteiger charge is 2.17. The largest absolute Gasteiger partial charge is 0.491 e. The van der Waals surface area contributed by atoms with Gasteiger partial charge in [-0.15, -0.1) is 0 Å². The SMILES string of the molecule is O=C(NO)c1ccc2c(c1)OCCN(c1cccnc1)C2. The Bertz CT molecular complexity index is 646. The van der Waals surface area contributed by atoms with Gasteiger partial charge in [-0.2, -0.15) is 0 Å². The number of carbonyl (C=O) groups excluding carboxylic acids is 1. The summed E-state index contributed by atoms with van der Waals surface area (Å²) in [6.07, 6.45) is 3.56. The number of carbonyl (C=O) groups is 1. The highest BCUT2D eigenvalue weighted by molar-refractivity contribution is 5.93. The Kier molecular flexibility index (Phi) is 3.70. The molecule has 1 aliphatic heterocycles. The van der Waals surface area contributed by atoms with Crippen LogP contribution in [0.15, 0.2) is 42.7 Å². The lowest BCUT2D eigenvalue weighted by molar-refractivity contribution is 0.0706. The molecule has 2 aromatic rings. The number of nitrogens with zero attached hydrogens (tertiary/aromatic N) is 2. The predicted molar refractivity (Wildman–Crippen MR) is 76.5 cm³/mol. The van der Waals surface area contributed by atoms with Crippen molar-refractivity contribution in [2.45, 2.75) is 6.54 Å². The minimum atomic E-state index is -0.547. The first kappa shape index (κ1) is 13.4. The van der Waals surface area contributed by atoms with Crippen LogP contribution >= 0.6 is 0 Å². The third-order valence-electron chi connectivity index (χ3n) is 3.42. The molecule has 0 radical (unpaired) electrons. The second-order valence-electron chi connectivity index (χ2n) is 4.74. The smallest absolute Gasteiger partial charge is 0.274 e. The number of nitrogens with one attached hydrogen (secondary N) is 1. The van der Waals surface area contributed by atoms with Crippen molar-refractivity contribution in [1.82, 2.24) is 10.5 Å². The van der Waals surface area contributed by atoms with E-state index in [0.29, 0.717) is 24.5 Å². The summed E-state index contributed by atoms with van der Waals surface area (Å²) in [5.74, 6) is 0.122. The van der Waals surface area contributed by atoms with E-state index in [0.717, 1.165) is 17.8 Å². The van der Waals surface area contributed by atoms with Gasteiger partial charge in [-0.25, -0.2) is 5.48 Å². The summed E-state index contributed by atoms with van der Waals surface area (Å²) in [7, 11) is 0. The van der Waals surface area contributed by atoms with Crippen LogP contribution in [-0.2, 0) is 6.54 Å². The molecule has 0 spiro atoms. The molecule has 1 aliphatic rings. The van der Waals surface area contributed by atoms with E-state index in [1.165, 1.54) is 0 Å². The van der Waals surface area contributed by atoms with Crippen molar-refractivity contribution in [3.8, 4) is 5.75 Å². The van der Waals surface area contributed by atoms with Crippen LogP contribution in [0.4, 0.5) is 5.69 Å². The van der Waals surface area contributed by atoms with Gasteiger partial charge < -0.3 is 9.64 Å². The average Bonchev–Trinajstić information content (AvgIpc) is 2.76. The zero-order valence-electron chi connectivity index (χ0n) is 11.3. The summed E-state index contributed by atoms with van der Waals surface area (Å²) >= 11 is 0. The molecule has 108 valence electrons. The molecule has 6 heteroatoms. The molecule has 21 heavy (non-hydrogen) atoms. The van der Waals surface area contributed by atoms with Gasteiger partial charge in [-0.1, -0.05) is 6.07 Å². The Morgan fingerprint density at radius 2 is 2.29 bits per heavy atom. The minimum absolute atomic E-state index is 0.367. The van der Waals surface area contributed by atoms with Gasteiger partial charge in [0, 0.05) is 23.9 Å². The molecule has 6 nitrogen and oxygen atoms in total. The molecule has 1 aromatic heterocycles. The van der Waals surface area contributed by atoms with Crippen molar-refractivity contribution >= 4 is 11.6 Å². The highest BCUT2D eigenvalue weighted by atomic mass is 16.5. The molecule has 0 saturated heterocycles. The number of pyridine rings is 1. The molecule has 2 N–H and O–H groups in total. The molecule has 2 heterocycles. The maximum atomic E-state index is 11.4. The van der Waals surface area contributed by atoms with Crippen LogP contribution in [-0.4, -0.2) is 29.3 Å². The molecule has 0 bridgehead atoms. The summed E-state index contributed by atoms with van der Waals surface area (Å²) in [5, 5.41) is 8.68. The van der Waals surface area contributed by atoms with Crippen molar-refractivity contribution in [2.75, 3.05) is 18.1 Å². The number of ether oxygens (including phenoxy) is 1. The number of hydroxylamine groups is 1. The third-order valence-corrected chi connectivity index (χ3v) is 3.42. The van der Waals surface area contributed by atoms with E-state index in [2.05, 4.69) is 9.88 Å². The molecule has 0 unspecified atom stereocenters. The van der Waals surface area contributed by atoms with Gasteiger partial charge in [0.2, 0.25) is 0 Å². The zero-order valence-corrected chi connectivity index (χ0v) is 11.3. The summed E-state index contributed by atoms with van der Waals surface area (Å²) in [6.45, 7) is 1.94. The monoisotopic (exact) mass is 285 g/mol. The Hall–Kier alpha value is -2.60. The first-order chi connectivity index (χ1) is 10.3. The minimum Gasteiger partial charge on any atom is -0.491 e. The fourth-order valence-corrected chi connectivity index (χ4v) is 2.34. The van der Waals surface area contributed by atoms with E-state index in [4.69, 9.17) is 9.94 Å². The third kappa shape index (κ3) is 2.80. The molecular weight excluding hydrogens is 270 g/mol. The maximum Gasteiger partial charge on any atom is 0.274 e. The van der Waals surface area contributed by atoms with E-state index < -0.39 is 5.91 Å². The fraction of sp³-hybridized carbons (Fsp3) is 0.200. The molecule has 3 rings (SSSR count). The number of hydrogen-bond acceptors (Lipinski definition) is 5. The van der Waals surface area contributed by atoms with Crippen LogP contribution in [0.2, 0.25) is 0 Å². The number of aromatic nitrogens is 1. The van der Waals surface area contributed by atoms with Crippen molar-refractivity contribution in [3.05, 3.63) is 53.9 Å². The summed E-state index contributed by atoms with van der Waals surface area (Å²) in [4.78, 5) is 17.7. The Morgan fingerprint density at radius 1 is 1.38 bits per heavy atom. The van der Waals surface area contributed by atoms with Crippen LogP contribution in [0.3, 0.4) is 0 Å². The summed E-state index contributed by atoms with van der Waals surface area (Å²) in [5.41, 5.74) is 4.02. The number of rotatable bonds is 2. The second-order valence-corrected chi connectivity index (χ2v) is 4.74. The maximum absolute atomic E-state index is 11.4. The Balaban J connectivity index is 1.88. The molecule has 1 aromatic carbocycles. The average molecular weight is 285 g/mol. The zero-order chi connectivity index (χ0) is 14.7. The molecule has 0 fully saturated rings. The Morgan fingerprint density at radius 3 is 3.05 bits per heavy atom. The first-order valence-corrected chi connectivity index (χ1v) is 6.63. The van der Waals surface area contributed by atoms with E-state index in [1.54, 1.807) is 23.8 Å². The van der Waals surface area contributed by atoms with Gasteiger partial charge in [0.1, 0.15) is 12.4 Å². The van der Waals surface area contributed by atoms with Gasteiger partial charge in [0.05, 0.1) is 18.4 Å². The van der Waals surface area contributed by atoms with Crippen molar-refractivity contribution in [1.29, 1.82) is 0 Å². The van der Waals surface area contributed by atoms with Gasteiger partial charge in [0.15, 0.2) is 0 Å². The second kappa shape index (κ2) is 5.80. The number of benzene rings is 1. The highest BCUT2D eigenvalue weighted by Crippen LogP contribution is 2.27. The van der Waals surface area contributed by atoms with Crippen LogP contribution in [0, 0.1) is 0 Å². The van der Waals surface area contributed by atoms with Crippen molar-refractivity contribution < 1.29 is 14.7 Å². The Labute approximate surface area is 121 Å². The van der Waals surface area contributed by atoms with Crippen LogP contribution in [0.1, 0.15) is 15.9 Å². The van der Waals surface area contributed by atoms with Crippen molar-refractivity contribution in [3.63, 3.8) is 0 Å². The van der Waals surface area contributed by atoms with Crippen LogP contribution in [0.5, 0.6) is 5.75 Å². The fourth-order valence-electron chi connectivity index (χ4n) is 2.34. The molecule has 0 atom stereocenters. The van der Waals surface area contributed by atoms with Gasteiger partial charge in [0.25, 0.3) is 5.91 Å². The van der Waals surface area contributed by atoms with E-state index in [1.807, 2.05) is 24.4 Å². The topological polar surface area (TPSA) is 74.7 Å². The molecule has 0 aliphatic carbocycles. The van der Waals surface area contributed by atoms with Gasteiger partial charge >= 0.3 is 0 Å². The number of fused-ring (bicyclic) bond motifs is 1. The van der Waals surface area contributed by atoms with Gasteiger partial charge in [-0.3, -0.25) is 15.0 Å². The van der Waals surface area contributed by atoms with E-state index in [9.17, 15) is 4.79 Å². The quantitative estimate of drug-likeness (QED) is 0.647. The van der Waals surface area contributed by atoms with Crippen LogP contribution in [0.25, 0.3) is 0 Å². The van der Waals surface area contributed by atoms with E-state index >= 15 is 0 Å². The molecule has 1 amide bonds. The summed E-state index contributed by atoms with van der Waals surface area (Å²) < 4.78 is 5.71. The lowest BCUT2D eigenvalue weighted by atomic mass is 10.1. The number of anilines is 1.